The van der Waals surface area contributed by atoms with E-state index in [1.54, 1.807) is 20.0 Å². The van der Waals surface area contributed by atoms with Gasteiger partial charge in [-0.15, -0.1) is 24.0 Å². The molecule has 11 heteroatoms. The van der Waals surface area contributed by atoms with Crippen LogP contribution in [0.3, 0.4) is 0 Å². The lowest BCUT2D eigenvalue weighted by molar-refractivity contribution is -0.137. The number of hydrogen-bond acceptors (Lipinski definition) is 3. The summed E-state index contributed by atoms with van der Waals surface area (Å²) >= 11 is 0. The maximum absolute atomic E-state index is 13.1. The number of nitrogens with one attached hydrogen (secondary N) is 3. The predicted molar refractivity (Wildman–Crippen MR) is 124 cm³/mol. The average molecular weight is 562 g/mol. The molecule has 0 aromatic heterocycles. The molecule has 1 fully saturated rings. The molecule has 1 saturated carbocycles. The van der Waals surface area contributed by atoms with Gasteiger partial charge in [-0.25, -0.2) is 13.1 Å². The summed E-state index contributed by atoms with van der Waals surface area (Å²) in [4.78, 5) is 4.14. The third kappa shape index (κ3) is 7.56. The molecule has 1 aromatic rings. The minimum atomic E-state index is -4.36. The van der Waals surface area contributed by atoms with Gasteiger partial charge in [0.1, 0.15) is 0 Å². The van der Waals surface area contributed by atoms with Crippen molar-refractivity contribution in [2.75, 3.05) is 32.4 Å². The first kappa shape index (κ1) is 27.0. The molecule has 2 rings (SSSR count). The van der Waals surface area contributed by atoms with E-state index in [4.69, 9.17) is 0 Å². The van der Waals surface area contributed by atoms with Gasteiger partial charge in [0.25, 0.3) is 0 Å². The Labute approximate surface area is 193 Å². The number of benzene rings is 1. The Morgan fingerprint density at radius 2 is 1.90 bits per heavy atom. The number of hydrogen-bond donors (Lipinski definition) is 3. The summed E-state index contributed by atoms with van der Waals surface area (Å²) in [5.74, 6) is 0.586. The van der Waals surface area contributed by atoms with Crippen molar-refractivity contribution in [2.24, 2.45) is 4.99 Å². The van der Waals surface area contributed by atoms with Gasteiger partial charge in [-0.3, -0.25) is 4.99 Å². The Hall–Kier alpha value is -1.08. The summed E-state index contributed by atoms with van der Waals surface area (Å²) in [6.45, 7) is 2.90. The lowest BCUT2D eigenvalue weighted by atomic mass is 9.64. The molecule has 1 aliphatic rings. The number of halogens is 4. The van der Waals surface area contributed by atoms with E-state index in [1.807, 2.05) is 0 Å². The van der Waals surface area contributed by atoms with Crippen molar-refractivity contribution in [1.82, 2.24) is 15.4 Å². The molecule has 0 saturated heterocycles. The maximum Gasteiger partial charge on any atom is 0.416 e. The van der Waals surface area contributed by atoms with Crippen molar-refractivity contribution in [3.63, 3.8) is 0 Å². The fourth-order valence-electron chi connectivity index (χ4n) is 3.29. The largest absolute Gasteiger partial charge is 0.416 e. The van der Waals surface area contributed by atoms with Crippen LogP contribution in [0.25, 0.3) is 0 Å². The molecule has 1 aliphatic carbocycles. The zero-order chi connectivity index (χ0) is 21.5. The van der Waals surface area contributed by atoms with E-state index in [0.29, 0.717) is 37.6 Å². The van der Waals surface area contributed by atoms with Crippen molar-refractivity contribution >= 4 is 40.0 Å². The third-order valence-corrected chi connectivity index (χ3v) is 6.68. The lowest BCUT2D eigenvalue weighted by Gasteiger charge is -2.43. The summed E-state index contributed by atoms with van der Waals surface area (Å²) in [5.41, 5.74) is -0.274. The van der Waals surface area contributed by atoms with E-state index in [9.17, 15) is 21.6 Å². The van der Waals surface area contributed by atoms with Gasteiger partial charge in [0.15, 0.2) is 5.96 Å². The normalized spacial score (nSPS) is 16.4. The van der Waals surface area contributed by atoms with E-state index >= 15 is 0 Å². The van der Waals surface area contributed by atoms with E-state index in [0.717, 1.165) is 25.3 Å². The number of alkyl halides is 3. The molecule has 3 N–H and O–H groups in total. The fraction of sp³-hybridized carbons (Fsp3) is 0.632. The minimum absolute atomic E-state index is 0. The van der Waals surface area contributed by atoms with Crippen LogP contribution in [0.5, 0.6) is 0 Å². The van der Waals surface area contributed by atoms with Crippen molar-refractivity contribution in [2.45, 2.75) is 44.2 Å². The number of aliphatic imine (C=N–C) groups is 1. The summed E-state index contributed by atoms with van der Waals surface area (Å²) in [6, 6.07) is 5.56. The highest BCUT2D eigenvalue weighted by atomic mass is 127. The molecule has 0 aliphatic heterocycles. The first-order chi connectivity index (χ1) is 13.6. The zero-order valence-corrected chi connectivity index (χ0v) is 20.3. The highest BCUT2D eigenvalue weighted by Crippen LogP contribution is 2.44. The monoisotopic (exact) mass is 562 g/mol. The second kappa shape index (κ2) is 11.5. The second-order valence-electron chi connectivity index (χ2n) is 7.22. The Balaban J connectivity index is 0.00000450. The van der Waals surface area contributed by atoms with Crippen molar-refractivity contribution in [3.05, 3.63) is 35.4 Å². The third-order valence-electron chi connectivity index (χ3n) is 5.28. The molecule has 1 aromatic carbocycles. The molecule has 0 bridgehead atoms. The number of nitrogens with zero attached hydrogens (tertiary/aromatic N) is 1. The van der Waals surface area contributed by atoms with Gasteiger partial charge in [-0.1, -0.05) is 24.6 Å². The van der Waals surface area contributed by atoms with Crippen molar-refractivity contribution in [1.29, 1.82) is 0 Å². The summed E-state index contributed by atoms with van der Waals surface area (Å²) in [5, 5.41) is 6.31. The number of rotatable bonds is 9. The van der Waals surface area contributed by atoms with Crippen LogP contribution in [0.2, 0.25) is 0 Å². The highest BCUT2D eigenvalue weighted by molar-refractivity contribution is 14.0. The van der Waals surface area contributed by atoms with Crippen LogP contribution < -0.4 is 15.4 Å². The van der Waals surface area contributed by atoms with E-state index < -0.39 is 21.8 Å². The molecule has 0 atom stereocenters. The lowest BCUT2D eigenvalue weighted by Crippen LogP contribution is -2.49. The van der Waals surface area contributed by atoms with Gasteiger partial charge >= 0.3 is 6.18 Å². The van der Waals surface area contributed by atoms with Crippen LogP contribution in [0.4, 0.5) is 13.2 Å². The molecule has 30 heavy (non-hydrogen) atoms. The first-order valence-electron chi connectivity index (χ1n) is 9.71. The van der Waals surface area contributed by atoms with Gasteiger partial charge in [0.2, 0.25) is 10.0 Å². The second-order valence-corrected chi connectivity index (χ2v) is 9.31. The van der Waals surface area contributed by atoms with E-state index in [-0.39, 0.29) is 35.1 Å². The molecular weight excluding hydrogens is 532 g/mol. The summed E-state index contributed by atoms with van der Waals surface area (Å²) in [7, 11) is -1.58. The minimum Gasteiger partial charge on any atom is -0.356 e. The van der Waals surface area contributed by atoms with E-state index in [1.165, 1.54) is 12.1 Å². The Kier molecular flexibility index (Phi) is 10.3. The quantitative estimate of drug-likeness (QED) is 0.187. The van der Waals surface area contributed by atoms with Crippen LogP contribution in [-0.2, 0) is 21.6 Å². The summed E-state index contributed by atoms with van der Waals surface area (Å²) in [6.07, 6.45) is -1.17. The molecule has 0 spiro atoms. The van der Waals surface area contributed by atoms with Crippen molar-refractivity contribution in [3.8, 4) is 0 Å². The van der Waals surface area contributed by atoms with Gasteiger partial charge < -0.3 is 10.6 Å². The molecule has 0 heterocycles. The Morgan fingerprint density at radius 3 is 2.43 bits per heavy atom. The van der Waals surface area contributed by atoms with Crippen molar-refractivity contribution < 1.29 is 21.6 Å². The number of sulfonamides is 1. The van der Waals surface area contributed by atoms with Crippen LogP contribution >= 0.6 is 24.0 Å². The predicted octanol–water partition coefficient (Wildman–Crippen LogP) is 3.24. The van der Waals surface area contributed by atoms with Crippen LogP contribution in [0, 0.1) is 0 Å². The van der Waals surface area contributed by atoms with Gasteiger partial charge in [0.05, 0.1) is 11.3 Å². The van der Waals surface area contributed by atoms with Crippen LogP contribution in [-0.4, -0.2) is 46.8 Å². The van der Waals surface area contributed by atoms with Crippen LogP contribution in [0.1, 0.15) is 43.7 Å². The maximum atomic E-state index is 13.1. The van der Waals surface area contributed by atoms with E-state index in [2.05, 4.69) is 20.3 Å². The van der Waals surface area contributed by atoms with Crippen LogP contribution in [0.15, 0.2) is 29.3 Å². The molecule has 0 radical (unpaired) electrons. The molecule has 0 unspecified atom stereocenters. The fourth-order valence-corrected chi connectivity index (χ4v) is 3.95. The standard InChI is InChI=1S/C19H29F3N4O2S.HI/c1-3-29(27,28)26-12-6-11-24-17(23-2)25-14-18(9-5-10-18)15-7-4-8-16(13-15)19(20,21)22;/h4,7-8,13,26H,3,5-6,9-12,14H2,1-2H3,(H2,23,24,25);1H. The van der Waals surface area contributed by atoms with Gasteiger partial charge in [-0.2, -0.15) is 13.2 Å². The SMILES string of the molecule is CCS(=O)(=O)NCCCNC(=NC)NCC1(c2cccc(C(F)(F)F)c2)CCC1.I. The zero-order valence-electron chi connectivity index (χ0n) is 17.2. The molecular formula is C19H30F3IN4O2S. The smallest absolute Gasteiger partial charge is 0.356 e. The van der Waals surface area contributed by atoms with Gasteiger partial charge in [-0.05, 0) is 37.8 Å². The first-order valence-corrected chi connectivity index (χ1v) is 11.4. The number of guanidine groups is 1. The Morgan fingerprint density at radius 1 is 1.20 bits per heavy atom. The highest BCUT2D eigenvalue weighted by Gasteiger charge is 2.40. The molecule has 172 valence electrons. The Bertz CT molecular complexity index is 812. The van der Waals surface area contributed by atoms with Gasteiger partial charge in [0, 0.05) is 32.1 Å². The topological polar surface area (TPSA) is 82.6 Å². The average Bonchev–Trinajstić information content (AvgIpc) is 2.64. The summed E-state index contributed by atoms with van der Waals surface area (Å²) < 4.78 is 64.4. The molecule has 0 amide bonds. The molecule has 6 nitrogen and oxygen atoms in total.